The quantitative estimate of drug-likeness (QED) is 0.689. The van der Waals surface area contributed by atoms with Crippen molar-refractivity contribution in [1.29, 1.82) is 0 Å². The van der Waals surface area contributed by atoms with E-state index < -0.39 is 0 Å². The van der Waals surface area contributed by atoms with Gasteiger partial charge in [0.15, 0.2) is 0 Å². The van der Waals surface area contributed by atoms with Crippen molar-refractivity contribution < 1.29 is 0 Å². The molecule has 13 heavy (non-hydrogen) atoms. The van der Waals surface area contributed by atoms with Crippen molar-refractivity contribution in [2.75, 3.05) is 5.73 Å². The number of rotatable bonds is 1. The fourth-order valence-corrected chi connectivity index (χ4v) is 1.28. The lowest BCUT2D eigenvalue weighted by atomic mass is 10.4. The van der Waals surface area contributed by atoms with Crippen LogP contribution in [0.1, 0.15) is 5.69 Å². The monoisotopic (exact) mass is 177 g/mol. The molecule has 0 aliphatic rings. The summed E-state index contributed by atoms with van der Waals surface area (Å²) in [6.45, 7) is 1.94. The Balaban J connectivity index is 2.51. The first-order valence-corrected chi connectivity index (χ1v) is 3.98. The normalized spacial score (nSPS) is 10.6. The zero-order chi connectivity index (χ0) is 9.42. The van der Waals surface area contributed by atoms with Gasteiger partial charge in [-0.3, -0.25) is 4.68 Å². The molecule has 0 atom stereocenters. The fraction of sp³-hybridized carbons (Fsp3) is 0.250. The van der Waals surface area contributed by atoms with Gasteiger partial charge in [-0.1, -0.05) is 0 Å². The molecule has 68 valence electrons. The second kappa shape index (κ2) is 2.62. The lowest BCUT2D eigenvalue weighted by Gasteiger charge is -1.95. The van der Waals surface area contributed by atoms with Gasteiger partial charge in [0.05, 0.1) is 11.9 Å². The van der Waals surface area contributed by atoms with Crippen LogP contribution >= 0.6 is 0 Å². The summed E-state index contributed by atoms with van der Waals surface area (Å²) >= 11 is 0. The van der Waals surface area contributed by atoms with Crippen molar-refractivity contribution in [2.45, 2.75) is 6.92 Å². The number of nitrogen functional groups attached to an aromatic ring is 1. The predicted octanol–water partition coefficient (Wildman–Crippen LogP) is 0.496. The minimum atomic E-state index is 0.517. The summed E-state index contributed by atoms with van der Waals surface area (Å²) in [5, 5.41) is 8.31. The van der Waals surface area contributed by atoms with Crippen molar-refractivity contribution in [1.82, 2.24) is 19.6 Å². The van der Waals surface area contributed by atoms with Crippen LogP contribution in [-0.4, -0.2) is 19.6 Å². The Bertz CT molecular complexity index is 425. The van der Waals surface area contributed by atoms with Crippen LogP contribution in [0.25, 0.3) is 5.69 Å². The third-order valence-electron chi connectivity index (χ3n) is 1.84. The molecule has 5 nitrogen and oxygen atoms in total. The van der Waals surface area contributed by atoms with Gasteiger partial charge in [0.25, 0.3) is 0 Å². The molecule has 2 rings (SSSR count). The van der Waals surface area contributed by atoms with E-state index in [9.17, 15) is 0 Å². The smallest absolute Gasteiger partial charge is 0.145 e. The Morgan fingerprint density at radius 1 is 1.38 bits per heavy atom. The van der Waals surface area contributed by atoms with Gasteiger partial charge in [0, 0.05) is 19.3 Å². The van der Waals surface area contributed by atoms with Crippen LogP contribution in [0.15, 0.2) is 18.5 Å². The Labute approximate surface area is 75.8 Å². The molecule has 0 radical (unpaired) electrons. The number of hydrogen-bond acceptors (Lipinski definition) is 3. The summed E-state index contributed by atoms with van der Waals surface area (Å²) in [5.41, 5.74) is 7.41. The van der Waals surface area contributed by atoms with Crippen molar-refractivity contribution >= 4 is 5.82 Å². The van der Waals surface area contributed by atoms with Crippen molar-refractivity contribution in [3.63, 3.8) is 0 Å². The van der Waals surface area contributed by atoms with Gasteiger partial charge in [0.1, 0.15) is 11.5 Å². The van der Waals surface area contributed by atoms with E-state index in [-0.39, 0.29) is 0 Å². The van der Waals surface area contributed by atoms with Crippen LogP contribution in [0.2, 0.25) is 0 Å². The molecule has 2 aromatic heterocycles. The molecule has 0 aliphatic carbocycles. The summed E-state index contributed by atoms with van der Waals surface area (Å²) < 4.78 is 3.47. The van der Waals surface area contributed by atoms with E-state index in [1.165, 1.54) is 0 Å². The SMILES string of the molecule is Cc1nn(C)cc1-n1ccc(N)n1. The van der Waals surface area contributed by atoms with E-state index in [2.05, 4.69) is 10.2 Å². The molecule has 0 amide bonds. The van der Waals surface area contributed by atoms with Crippen LogP contribution in [0.5, 0.6) is 0 Å². The number of aromatic nitrogens is 4. The topological polar surface area (TPSA) is 61.7 Å². The van der Waals surface area contributed by atoms with E-state index in [4.69, 9.17) is 5.73 Å². The Morgan fingerprint density at radius 2 is 2.15 bits per heavy atom. The van der Waals surface area contributed by atoms with Gasteiger partial charge in [-0.2, -0.15) is 10.2 Å². The van der Waals surface area contributed by atoms with E-state index in [0.29, 0.717) is 5.82 Å². The third-order valence-corrected chi connectivity index (χ3v) is 1.84. The first-order valence-electron chi connectivity index (χ1n) is 3.98. The first kappa shape index (κ1) is 7.85. The molecule has 0 bridgehead atoms. The van der Waals surface area contributed by atoms with Crippen LogP contribution in [0, 0.1) is 6.92 Å². The highest BCUT2D eigenvalue weighted by molar-refractivity contribution is 5.36. The Kier molecular flexibility index (Phi) is 1.58. The molecule has 0 aliphatic heterocycles. The number of nitrogens with two attached hydrogens (primary N) is 1. The number of hydrogen-bond donors (Lipinski definition) is 1. The highest BCUT2D eigenvalue weighted by atomic mass is 15.3. The molecule has 5 heteroatoms. The van der Waals surface area contributed by atoms with Crippen molar-refractivity contribution in [2.24, 2.45) is 7.05 Å². The number of nitrogens with zero attached hydrogens (tertiary/aromatic N) is 4. The van der Waals surface area contributed by atoms with E-state index >= 15 is 0 Å². The second-order valence-corrected chi connectivity index (χ2v) is 2.96. The van der Waals surface area contributed by atoms with Crippen LogP contribution in [0.3, 0.4) is 0 Å². The summed E-state index contributed by atoms with van der Waals surface area (Å²) in [6, 6.07) is 1.76. The average molecular weight is 177 g/mol. The molecule has 0 saturated carbocycles. The maximum Gasteiger partial charge on any atom is 0.145 e. The molecule has 0 spiro atoms. The summed E-state index contributed by atoms with van der Waals surface area (Å²) in [4.78, 5) is 0. The molecule has 0 fully saturated rings. The minimum Gasteiger partial charge on any atom is -0.382 e. The van der Waals surface area contributed by atoms with Gasteiger partial charge in [-0.25, -0.2) is 4.68 Å². The summed E-state index contributed by atoms with van der Waals surface area (Å²) in [7, 11) is 1.88. The van der Waals surface area contributed by atoms with Crippen LogP contribution in [0.4, 0.5) is 5.82 Å². The van der Waals surface area contributed by atoms with E-state index in [1.54, 1.807) is 15.4 Å². The lowest BCUT2D eigenvalue weighted by Crippen LogP contribution is -1.96. The molecular weight excluding hydrogens is 166 g/mol. The minimum absolute atomic E-state index is 0.517. The Morgan fingerprint density at radius 3 is 2.62 bits per heavy atom. The van der Waals surface area contributed by atoms with Crippen molar-refractivity contribution in [3.05, 3.63) is 24.2 Å². The van der Waals surface area contributed by atoms with E-state index in [1.807, 2.05) is 26.4 Å². The molecule has 0 saturated heterocycles. The van der Waals surface area contributed by atoms with Gasteiger partial charge in [-0.15, -0.1) is 0 Å². The maximum absolute atomic E-state index is 5.51. The Hall–Kier alpha value is -1.78. The molecule has 0 aromatic carbocycles. The first-order chi connectivity index (χ1) is 6.16. The molecule has 2 N–H and O–H groups in total. The second-order valence-electron chi connectivity index (χ2n) is 2.96. The fourth-order valence-electron chi connectivity index (χ4n) is 1.28. The molecule has 2 heterocycles. The number of aryl methyl sites for hydroxylation is 2. The summed E-state index contributed by atoms with van der Waals surface area (Å²) in [5.74, 6) is 0.517. The van der Waals surface area contributed by atoms with Gasteiger partial charge in [0.2, 0.25) is 0 Å². The molecule has 0 unspecified atom stereocenters. The van der Waals surface area contributed by atoms with E-state index in [0.717, 1.165) is 11.4 Å². The lowest BCUT2D eigenvalue weighted by molar-refractivity contribution is 0.756. The van der Waals surface area contributed by atoms with Crippen LogP contribution in [-0.2, 0) is 7.05 Å². The summed E-state index contributed by atoms with van der Waals surface area (Å²) in [6.07, 6.45) is 3.72. The number of anilines is 1. The third kappa shape index (κ3) is 1.28. The molecular formula is C8H11N5. The highest BCUT2D eigenvalue weighted by Crippen LogP contribution is 2.11. The highest BCUT2D eigenvalue weighted by Gasteiger charge is 2.05. The van der Waals surface area contributed by atoms with Crippen molar-refractivity contribution in [3.8, 4) is 5.69 Å². The average Bonchev–Trinajstić information content (AvgIpc) is 2.58. The largest absolute Gasteiger partial charge is 0.382 e. The zero-order valence-electron chi connectivity index (χ0n) is 7.60. The van der Waals surface area contributed by atoms with Crippen LogP contribution < -0.4 is 5.73 Å². The predicted molar refractivity (Wildman–Crippen MR) is 49.5 cm³/mol. The van der Waals surface area contributed by atoms with Gasteiger partial charge < -0.3 is 5.73 Å². The zero-order valence-corrected chi connectivity index (χ0v) is 7.60. The maximum atomic E-state index is 5.51. The molecule has 2 aromatic rings. The standard InChI is InChI=1S/C8H11N5/c1-6-7(5-12(2)10-6)13-4-3-8(9)11-13/h3-5H,1-2H3,(H2,9,11). The van der Waals surface area contributed by atoms with Gasteiger partial charge >= 0.3 is 0 Å². The van der Waals surface area contributed by atoms with Gasteiger partial charge in [-0.05, 0) is 6.92 Å².